The lowest BCUT2D eigenvalue weighted by Gasteiger charge is -2.31. The summed E-state index contributed by atoms with van der Waals surface area (Å²) in [7, 11) is -1.48. The maximum atomic E-state index is 3.87. The maximum Gasteiger partial charge on any atom is 0.0491 e. The largest absolute Gasteiger partial charge is 0.103 e. The van der Waals surface area contributed by atoms with Crippen LogP contribution in [0.4, 0.5) is 0 Å². The highest BCUT2D eigenvalue weighted by Gasteiger charge is 2.31. The Morgan fingerprint density at radius 1 is 1.18 bits per heavy atom. The zero-order chi connectivity index (χ0) is 9.07. The Morgan fingerprint density at radius 3 is 1.64 bits per heavy atom. The van der Waals surface area contributed by atoms with Gasteiger partial charge in [0.25, 0.3) is 0 Å². The van der Waals surface area contributed by atoms with E-state index in [0.29, 0.717) is 5.54 Å². The molecule has 0 aromatic rings. The van der Waals surface area contributed by atoms with Crippen molar-refractivity contribution in [2.75, 3.05) is 0 Å². The van der Waals surface area contributed by atoms with Crippen molar-refractivity contribution in [2.45, 2.75) is 31.7 Å². The van der Waals surface area contributed by atoms with E-state index < -0.39 is 15.9 Å². The summed E-state index contributed by atoms with van der Waals surface area (Å²) in [5, 5.41) is 0. The molecule has 11 heavy (non-hydrogen) atoms. The highest BCUT2D eigenvalue weighted by Crippen LogP contribution is 2.26. The van der Waals surface area contributed by atoms with E-state index in [1.165, 1.54) is 0 Å². The van der Waals surface area contributed by atoms with E-state index in [1.54, 1.807) is 0 Å². The van der Waals surface area contributed by atoms with Gasteiger partial charge >= 0.3 is 0 Å². The maximum absolute atomic E-state index is 3.87. The van der Waals surface area contributed by atoms with Gasteiger partial charge in [-0.2, -0.15) is 0 Å². The summed E-state index contributed by atoms with van der Waals surface area (Å²) in [6.45, 7) is 17.5. The first kappa shape index (κ1) is 10.9. The normalized spacial score (nSPS) is 12.2. The minimum Gasteiger partial charge on any atom is -0.103 e. The van der Waals surface area contributed by atoms with Gasteiger partial charge in [0, 0.05) is 15.9 Å². The summed E-state index contributed by atoms with van der Waals surface area (Å²) in [6, 6.07) is 0. The molecule has 0 rings (SSSR count). The van der Waals surface area contributed by atoms with Gasteiger partial charge in [-0.1, -0.05) is 38.3 Å². The molecule has 0 aliphatic carbocycles. The van der Waals surface area contributed by atoms with Crippen LogP contribution in [-0.4, -0.2) is 15.9 Å². The molecule has 0 aromatic carbocycles. The third kappa shape index (κ3) is 2.45. The molecule has 2 heteroatoms. The third-order valence-corrected chi connectivity index (χ3v) is 18.1. The summed E-state index contributed by atoms with van der Waals surface area (Å²) in [6.07, 6.45) is 4.15. The molecule has 0 bridgehead atoms. The minimum atomic E-state index is -1.01. The molecular formula is C9H20Si2. The second-order valence-corrected chi connectivity index (χ2v) is 18.5. The van der Waals surface area contributed by atoms with Gasteiger partial charge in [0.15, 0.2) is 0 Å². The molecule has 0 heterocycles. The fourth-order valence-electron chi connectivity index (χ4n) is 1.09. The molecular weight excluding hydrogens is 164 g/mol. The molecule has 0 unspecified atom stereocenters. The minimum absolute atomic E-state index is 0.476. The van der Waals surface area contributed by atoms with E-state index in [-0.39, 0.29) is 0 Å². The second-order valence-electron chi connectivity index (χ2n) is 3.97. The van der Waals surface area contributed by atoms with Crippen molar-refractivity contribution in [1.82, 2.24) is 0 Å². The van der Waals surface area contributed by atoms with Gasteiger partial charge in [0.2, 0.25) is 0 Å². The number of hydrogen-bond donors (Lipinski definition) is 0. The first-order chi connectivity index (χ1) is 4.96. The van der Waals surface area contributed by atoms with Crippen LogP contribution in [0, 0.1) is 0 Å². The van der Waals surface area contributed by atoms with Crippen LogP contribution in [0.25, 0.3) is 0 Å². The molecule has 0 fully saturated rings. The molecule has 0 aliphatic heterocycles. The SMILES string of the molecule is C=CC(C=C)[Si](C)(C)[SiH](C)C. The van der Waals surface area contributed by atoms with Gasteiger partial charge in [-0.05, 0) is 5.54 Å². The Balaban J connectivity index is 4.49. The number of rotatable bonds is 4. The quantitative estimate of drug-likeness (QED) is 0.465. The lowest BCUT2D eigenvalue weighted by atomic mass is 10.4. The summed E-state index contributed by atoms with van der Waals surface area (Å²) < 4.78 is 0. The van der Waals surface area contributed by atoms with E-state index in [2.05, 4.69) is 51.5 Å². The van der Waals surface area contributed by atoms with Crippen molar-refractivity contribution in [1.29, 1.82) is 0 Å². The van der Waals surface area contributed by atoms with Crippen LogP contribution in [0.3, 0.4) is 0 Å². The van der Waals surface area contributed by atoms with Crippen molar-refractivity contribution in [3.05, 3.63) is 25.3 Å². The van der Waals surface area contributed by atoms with Gasteiger partial charge in [0.1, 0.15) is 0 Å². The zero-order valence-electron chi connectivity index (χ0n) is 8.22. The monoisotopic (exact) mass is 184 g/mol. The molecule has 0 amide bonds. The molecule has 0 atom stereocenters. The smallest absolute Gasteiger partial charge is 0.0491 e. The second kappa shape index (κ2) is 4.07. The van der Waals surface area contributed by atoms with Crippen molar-refractivity contribution < 1.29 is 0 Å². The van der Waals surface area contributed by atoms with Crippen LogP contribution in [0.15, 0.2) is 25.3 Å². The Bertz CT molecular complexity index is 140. The average molecular weight is 184 g/mol. The molecule has 0 saturated carbocycles. The number of allylic oxidation sites excluding steroid dienone is 2. The molecule has 0 aliphatic rings. The summed E-state index contributed by atoms with van der Waals surface area (Å²) >= 11 is 0. The fourth-order valence-corrected chi connectivity index (χ4v) is 6.20. The van der Waals surface area contributed by atoms with Gasteiger partial charge in [-0.3, -0.25) is 0 Å². The third-order valence-electron chi connectivity index (χ3n) is 2.86. The van der Waals surface area contributed by atoms with E-state index in [9.17, 15) is 0 Å². The molecule has 0 aromatic heterocycles. The highest BCUT2D eigenvalue weighted by atomic mass is 29.2. The van der Waals surface area contributed by atoms with E-state index >= 15 is 0 Å². The number of hydrogen-bond acceptors (Lipinski definition) is 0. The van der Waals surface area contributed by atoms with Crippen molar-refractivity contribution in [2.24, 2.45) is 0 Å². The standard InChI is InChI=1S/C9H20Si2/c1-7-9(8-2)11(5,6)10(3)4/h7-10H,1-2H2,3-6H3. The van der Waals surface area contributed by atoms with Crippen molar-refractivity contribution in [3.8, 4) is 0 Å². The average Bonchev–Trinajstić information content (AvgIpc) is 1.89. The van der Waals surface area contributed by atoms with Crippen LogP contribution >= 0.6 is 0 Å². The Kier molecular flexibility index (Phi) is 4.04. The fraction of sp³-hybridized carbons (Fsp3) is 0.556. The summed E-state index contributed by atoms with van der Waals surface area (Å²) in [4.78, 5) is 0. The Morgan fingerprint density at radius 2 is 1.55 bits per heavy atom. The van der Waals surface area contributed by atoms with E-state index in [4.69, 9.17) is 0 Å². The van der Waals surface area contributed by atoms with Gasteiger partial charge in [-0.15, -0.1) is 13.2 Å². The first-order valence-electron chi connectivity index (χ1n) is 4.22. The molecule has 0 nitrogen and oxygen atoms in total. The summed E-state index contributed by atoms with van der Waals surface area (Å²) in [5.74, 6) is 0. The Hall–Kier alpha value is -0.0862. The zero-order valence-corrected chi connectivity index (χ0v) is 10.4. The van der Waals surface area contributed by atoms with Gasteiger partial charge < -0.3 is 0 Å². The van der Waals surface area contributed by atoms with E-state index in [1.807, 2.05) is 0 Å². The Labute approximate surface area is 73.4 Å². The molecule has 0 saturated heterocycles. The van der Waals surface area contributed by atoms with Crippen LogP contribution in [0.5, 0.6) is 0 Å². The van der Waals surface area contributed by atoms with Crippen LogP contribution in [0.1, 0.15) is 0 Å². The molecule has 0 spiro atoms. The predicted molar refractivity (Wildman–Crippen MR) is 60.5 cm³/mol. The highest BCUT2D eigenvalue weighted by molar-refractivity contribution is 7.32. The molecule has 64 valence electrons. The van der Waals surface area contributed by atoms with Crippen LogP contribution in [0.2, 0.25) is 31.7 Å². The first-order valence-corrected chi connectivity index (χ1v) is 11.4. The van der Waals surface area contributed by atoms with Crippen molar-refractivity contribution >= 4 is 15.9 Å². The van der Waals surface area contributed by atoms with Crippen LogP contribution < -0.4 is 0 Å². The van der Waals surface area contributed by atoms with E-state index in [0.717, 1.165) is 0 Å². The summed E-state index contributed by atoms with van der Waals surface area (Å²) in [5.41, 5.74) is 0.620. The van der Waals surface area contributed by atoms with Gasteiger partial charge in [-0.25, -0.2) is 0 Å². The topological polar surface area (TPSA) is 0 Å². The lowest BCUT2D eigenvalue weighted by molar-refractivity contribution is 1.31. The van der Waals surface area contributed by atoms with Crippen LogP contribution in [-0.2, 0) is 0 Å². The predicted octanol–water partition coefficient (Wildman–Crippen LogP) is 3.00. The molecule has 0 N–H and O–H groups in total. The van der Waals surface area contributed by atoms with Crippen molar-refractivity contribution in [3.63, 3.8) is 0 Å². The molecule has 0 radical (unpaired) electrons. The lowest BCUT2D eigenvalue weighted by Crippen LogP contribution is -2.44. The van der Waals surface area contributed by atoms with Gasteiger partial charge in [0.05, 0.1) is 0 Å².